The highest BCUT2D eigenvalue weighted by atomic mass is 31.2. The lowest BCUT2D eigenvalue weighted by atomic mass is 9.80. The Bertz CT molecular complexity index is 906. The van der Waals surface area contributed by atoms with E-state index in [1.807, 2.05) is 30.3 Å². The fourth-order valence-corrected chi connectivity index (χ4v) is 4.34. The fourth-order valence-electron chi connectivity index (χ4n) is 3.65. The van der Waals surface area contributed by atoms with Crippen molar-refractivity contribution < 1.29 is 13.2 Å². The Labute approximate surface area is 197 Å². The number of benzene rings is 2. The third kappa shape index (κ3) is 6.47. The molecule has 0 radical (unpaired) electrons. The van der Waals surface area contributed by atoms with Crippen molar-refractivity contribution >= 4 is 8.69 Å². The third-order valence-electron chi connectivity index (χ3n) is 5.62. The summed E-state index contributed by atoms with van der Waals surface area (Å²) in [4.78, 5) is 0. The highest BCUT2D eigenvalue weighted by molar-refractivity contribution is 7.42. The van der Waals surface area contributed by atoms with Gasteiger partial charge in [-0.1, -0.05) is 113 Å². The second-order valence-corrected chi connectivity index (χ2v) is 13.6. The molecule has 1 atom stereocenters. The zero-order valence-corrected chi connectivity index (χ0v) is 23.0. The van der Waals surface area contributed by atoms with Crippen LogP contribution in [0.15, 0.2) is 36.4 Å². The molecule has 0 N–H and O–H groups in total. The standard InChI is InChI=1S/C28H42FO2P/c1-25(2,3)19-16-17-23(22(18-19)28(10,11)12)30-32(29)31-24-20(26(4,5)6)14-13-15-21(24)27(7,8)9/h13-18H,1-12H3. The van der Waals surface area contributed by atoms with Gasteiger partial charge in [0.15, 0.2) is 0 Å². The van der Waals surface area contributed by atoms with Crippen molar-refractivity contribution in [1.29, 1.82) is 0 Å². The van der Waals surface area contributed by atoms with Crippen LogP contribution in [-0.2, 0) is 21.7 Å². The van der Waals surface area contributed by atoms with Gasteiger partial charge >= 0.3 is 8.69 Å². The van der Waals surface area contributed by atoms with E-state index in [9.17, 15) is 0 Å². The molecule has 0 saturated carbocycles. The highest BCUT2D eigenvalue weighted by Crippen LogP contribution is 2.50. The first kappa shape index (κ1) is 26.7. The lowest BCUT2D eigenvalue weighted by molar-refractivity contribution is 0.410. The molecule has 0 aliphatic rings. The molecule has 0 fully saturated rings. The molecule has 2 nitrogen and oxygen atoms in total. The lowest BCUT2D eigenvalue weighted by Crippen LogP contribution is -2.19. The molecule has 1 unspecified atom stereocenters. The van der Waals surface area contributed by atoms with Gasteiger partial charge in [0.25, 0.3) is 0 Å². The van der Waals surface area contributed by atoms with Crippen molar-refractivity contribution in [3.05, 3.63) is 58.7 Å². The summed E-state index contributed by atoms with van der Waals surface area (Å²) in [7, 11) is -2.66. The van der Waals surface area contributed by atoms with Crippen LogP contribution in [0.2, 0.25) is 0 Å². The van der Waals surface area contributed by atoms with Gasteiger partial charge in [-0.2, -0.15) is 0 Å². The smallest absolute Gasteiger partial charge is 0.414 e. The Balaban J connectivity index is 2.47. The third-order valence-corrected chi connectivity index (χ3v) is 6.28. The van der Waals surface area contributed by atoms with Crippen molar-refractivity contribution in [3.63, 3.8) is 0 Å². The summed E-state index contributed by atoms with van der Waals surface area (Å²) in [5, 5.41) is 0. The SMILES string of the molecule is CC(C)(C)c1ccc(OP(F)Oc2c(C(C)(C)C)cccc2C(C)(C)C)c(C(C)(C)C)c1. The molecular weight excluding hydrogens is 418 g/mol. The highest BCUT2D eigenvalue weighted by Gasteiger charge is 2.31. The van der Waals surface area contributed by atoms with Gasteiger partial charge in [0.05, 0.1) is 0 Å². The van der Waals surface area contributed by atoms with E-state index in [-0.39, 0.29) is 21.7 Å². The Hall–Kier alpha value is -1.60. The van der Waals surface area contributed by atoms with Crippen molar-refractivity contribution in [2.45, 2.75) is 105 Å². The molecule has 0 aliphatic carbocycles. The molecule has 2 aromatic carbocycles. The van der Waals surface area contributed by atoms with Crippen molar-refractivity contribution in [3.8, 4) is 11.5 Å². The predicted octanol–water partition coefficient (Wildman–Crippen LogP) is 9.53. The molecule has 2 rings (SSSR count). The topological polar surface area (TPSA) is 18.5 Å². The maximum Gasteiger partial charge on any atom is 0.505 e. The zero-order valence-electron chi connectivity index (χ0n) is 22.1. The minimum absolute atomic E-state index is 0.00272. The van der Waals surface area contributed by atoms with Gasteiger partial charge in [-0.3, -0.25) is 0 Å². The first-order valence-corrected chi connectivity index (χ1v) is 12.5. The largest absolute Gasteiger partial charge is 0.505 e. The van der Waals surface area contributed by atoms with E-state index in [1.54, 1.807) is 0 Å². The van der Waals surface area contributed by atoms with E-state index in [0.29, 0.717) is 11.5 Å². The Morgan fingerprint density at radius 1 is 0.594 bits per heavy atom. The quantitative estimate of drug-likeness (QED) is 0.423. The minimum Gasteiger partial charge on any atom is -0.414 e. The van der Waals surface area contributed by atoms with Crippen LogP contribution in [0.25, 0.3) is 0 Å². The second-order valence-electron chi connectivity index (χ2n) is 12.8. The van der Waals surface area contributed by atoms with E-state index < -0.39 is 8.69 Å². The van der Waals surface area contributed by atoms with E-state index in [1.165, 1.54) is 5.56 Å². The Kier molecular flexibility index (Phi) is 7.48. The molecule has 4 heteroatoms. The summed E-state index contributed by atoms with van der Waals surface area (Å²) in [6, 6.07) is 12.1. The molecule has 0 heterocycles. The minimum atomic E-state index is -2.66. The summed E-state index contributed by atoms with van der Waals surface area (Å²) < 4.78 is 27.3. The molecule has 32 heavy (non-hydrogen) atoms. The van der Waals surface area contributed by atoms with Gasteiger partial charge in [0.2, 0.25) is 0 Å². The summed E-state index contributed by atoms with van der Waals surface area (Å²) in [6.45, 7) is 25.6. The van der Waals surface area contributed by atoms with Crippen molar-refractivity contribution in [2.75, 3.05) is 0 Å². The van der Waals surface area contributed by atoms with Gasteiger partial charge in [0, 0.05) is 16.7 Å². The molecule has 0 saturated heterocycles. The normalized spacial score (nSPS) is 14.3. The summed E-state index contributed by atoms with van der Waals surface area (Å²) in [6.07, 6.45) is 0. The predicted molar refractivity (Wildman–Crippen MR) is 137 cm³/mol. The lowest BCUT2D eigenvalue weighted by Gasteiger charge is -2.30. The van der Waals surface area contributed by atoms with Crippen LogP contribution >= 0.6 is 8.69 Å². The van der Waals surface area contributed by atoms with Gasteiger partial charge in [-0.15, -0.1) is 4.20 Å². The Morgan fingerprint density at radius 3 is 1.47 bits per heavy atom. The second kappa shape index (κ2) is 8.98. The zero-order chi connectivity index (χ0) is 24.7. The molecule has 0 bridgehead atoms. The number of hydrogen-bond donors (Lipinski definition) is 0. The monoisotopic (exact) mass is 460 g/mol. The van der Waals surface area contributed by atoms with Crippen LogP contribution in [0.3, 0.4) is 0 Å². The Morgan fingerprint density at radius 2 is 1.06 bits per heavy atom. The maximum atomic E-state index is 15.4. The molecule has 2 aromatic rings. The molecule has 0 aromatic heterocycles. The average Bonchev–Trinajstić information content (AvgIpc) is 2.58. The van der Waals surface area contributed by atoms with Crippen LogP contribution < -0.4 is 9.05 Å². The molecule has 0 amide bonds. The van der Waals surface area contributed by atoms with E-state index in [0.717, 1.165) is 16.7 Å². The van der Waals surface area contributed by atoms with Crippen LogP contribution in [-0.4, -0.2) is 0 Å². The maximum absolute atomic E-state index is 15.4. The van der Waals surface area contributed by atoms with Crippen molar-refractivity contribution in [2.24, 2.45) is 0 Å². The molecule has 0 aliphatic heterocycles. The van der Waals surface area contributed by atoms with Gasteiger partial charge in [-0.25, -0.2) is 0 Å². The summed E-state index contributed by atoms with van der Waals surface area (Å²) >= 11 is 0. The first-order valence-electron chi connectivity index (χ1n) is 11.4. The number of hydrogen-bond acceptors (Lipinski definition) is 2. The van der Waals surface area contributed by atoms with Crippen molar-refractivity contribution in [1.82, 2.24) is 0 Å². The summed E-state index contributed by atoms with van der Waals surface area (Å²) in [5.74, 6) is 1.15. The summed E-state index contributed by atoms with van der Waals surface area (Å²) in [5.41, 5.74) is 3.60. The number of rotatable bonds is 4. The first-order chi connectivity index (χ1) is 14.3. The van der Waals surface area contributed by atoms with E-state index >= 15 is 4.20 Å². The van der Waals surface area contributed by atoms with E-state index in [2.05, 4.69) is 89.2 Å². The average molecular weight is 461 g/mol. The molecule has 178 valence electrons. The van der Waals surface area contributed by atoms with Crippen LogP contribution in [0.5, 0.6) is 11.5 Å². The molecule has 0 spiro atoms. The van der Waals surface area contributed by atoms with Gasteiger partial charge in [-0.05, 0) is 33.3 Å². The van der Waals surface area contributed by atoms with Crippen LogP contribution in [0, 0.1) is 0 Å². The number of para-hydroxylation sites is 1. The number of halogens is 1. The van der Waals surface area contributed by atoms with Gasteiger partial charge < -0.3 is 9.05 Å². The fraction of sp³-hybridized carbons (Fsp3) is 0.571. The van der Waals surface area contributed by atoms with Crippen LogP contribution in [0.1, 0.15) is 105 Å². The van der Waals surface area contributed by atoms with Gasteiger partial charge in [0.1, 0.15) is 11.5 Å². The van der Waals surface area contributed by atoms with E-state index in [4.69, 9.17) is 9.05 Å². The molecular formula is C28H42FO2P. The van der Waals surface area contributed by atoms with Crippen LogP contribution in [0.4, 0.5) is 4.20 Å².